The average molecular weight is 283 g/mol. The minimum absolute atomic E-state index is 0.0133. The number of aliphatic carboxylic acids is 1. The highest BCUT2D eigenvalue weighted by molar-refractivity contribution is 5.75. The highest BCUT2D eigenvalue weighted by atomic mass is 16.4. The molecule has 1 aliphatic carbocycles. The number of carboxylic acid groups (broad SMARTS) is 1. The van der Waals surface area contributed by atoms with E-state index >= 15 is 0 Å². The summed E-state index contributed by atoms with van der Waals surface area (Å²) in [7, 11) is 0. The van der Waals surface area contributed by atoms with Crippen LogP contribution in [0.5, 0.6) is 0 Å². The summed E-state index contributed by atoms with van der Waals surface area (Å²) in [5.74, 6) is -1.04. The van der Waals surface area contributed by atoms with Crippen LogP contribution < -0.4 is 10.6 Å². The standard InChI is InChI=1S/C14H25N3O3/c1-2-17(12-5-7-15-8-6-12)14(20)16-11-4-3-10(9-11)13(18)19/h10-12,15H,2-9H2,1H3,(H,16,20)(H,18,19)/t10-,11+/m1/s1. The molecule has 0 bridgehead atoms. The monoisotopic (exact) mass is 283 g/mol. The fraction of sp³-hybridized carbons (Fsp3) is 0.857. The predicted octanol–water partition coefficient (Wildman–Crippen LogP) is 1.02. The smallest absolute Gasteiger partial charge is 0.317 e. The summed E-state index contributed by atoms with van der Waals surface area (Å²) in [6.07, 6.45) is 3.98. The average Bonchev–Trinajstić information content (AvgIpc) is 2.89. The lowest BCUT2D eigenvalue weighted by Crippen LogP contribution is -2.51. The lowest BCUT2D eigenvalue weighted by molar-refractivity contribution is -0.141. The van der Waals surface area contributed by atoms with Gasteiger partial charge in [-0.25, -0.2) is 4.79 Å². The van der Waals surface area contributed by atoms with Crippen LogP contribution in [0.15, 0.2) is 0 Å². The molecule has 0 aromatic heterocycles. The largest absolute Gasteiger partial charge is 0.481 e. The van der Waals surface area contributed by atoms with Crippen LogP contribution in [0.3, 0.4) is 0 Å². The van der Waals surface area contributed by atoms with Crippen LogP contribution in [0.25, 0.3) is 0 Å². The second kappa shape index (κ2) is 6.92. The number of carbonyl (C=O) groups is 2. The third-order valence-electron chi connectivity index (χ3n) is 4.46. The molecule has 2 aliphatic rings. The molecule has 114 valence electrons. The molecule has 3 N–H and O–H groups in total. The molecule has 0 unspecified atom stereocenters. The molecule has 0 spiro atoms. The molecule has 0 aromatic rings. The third kappa shape index (κ3) is 3.62. The molecule has 6 heteroatoms. The Kier molecular flexibility index (Phi) is 5.23. The topological polar surface area (TPSA) is 81.7 Å². The summed E-state index contributed by atoms with van der Waals surface area (Å²) in [6.45, 7) is 4.61. The van der Waals surface area contributed by atoms with Crippen molar-refractivity contribution in [3.63, 3.8) is 0 Å². The molecule has 1 heterocycles. The number of nitrogens with zero attached hydrogens (tertiary/aromatic N) is 1. The molecule has 20 heavy (non-hydrogen) atoms. The van der Waals surface area contributed by atoms with Crippen molar-refractivity contribution in [1.29, 1.82) is 0 Å². The number of piperidine rings is 1. The SMILES string of the molecule is CCN(C(=O)N[C@H]1CC[C@@H](C(=O)O)C1)C1CCNCC1. The van der Waals surface area contributed by atoms with E-state index in [9.17, 15) is 9.59 Å². The minimum atomic E-state index is -0.743. The van der Waals surface area contributed by atoms with E-state index in [0.717, 1.165) is 32.4 Å². The maximum absolute atomic E-state index is 12.4. The number of urea groups is 1. The molecule has 2 rings (SSSR count). The van der Waals surface area contributed by atoms with Gasteiger partial charge in [0, 0.05) is 18.6 Å². The molecule has 1 aliphatic heterocycles. The quantitative estimate of drug-likeness (QED) is 0.719. The van der Waals surface area contributed by atoms with Crippen LogP contribution in [0.1, 0.15) is 39.0 Å². The van der Waals surface area contributed by atoms with E-state index in [0.29, 0.717) is 25.4 Å². The lowest BCUT2D eigenvalue weighted by atomic mass is 10.1. The first-order valence-electron chi connectivity index (χ1n) is 7.62. The van der Waals surface area contributed by atoms with Crippen LogP contribution in [-0.2, 0) is 4.79 Å². The maximum Gasteiger partial charge on any atom is 0.317 e. The summed E-state index contributed by atoms with van der Waals surface area (Å²) in [5, 5.41) is 15.3. The Morgan fingerprint density at radius 2 is 1.95 bits per heavy atom. The van der Waals surface area contributed by atoms with Gasteiger partial charge >= 0.3 is 12.0 Å². The van der Waals surface area contributed by atoms with E-state index < -0.39 is 5.97 Å². The van der Waals surface area contributed by atoms with E-state index in [1.165, 1.54) is 0 Å². The van der Waals surface area contributed by atoms with Gasteiger partial charge in [0.05, 0.1) is 5.92 Å². The highest BCUT2D eigenvalue weighted by Gasteiger charge is 2.32. The molecule has 1 saturated carbocycles. The molecular weight excluding hydrogens is 258 g/mol. The Morgan fingerprint density at radius 1 is 1.25 bits per heavy atom. The van der Waals surface area contributed by atoms with E-state index in [4.69, 9.17) is 5.11 Å². The van der Waals surface area contributed by atoms with Crippen molar-refractivity contribution in [3.05, 3.63) is 0 Å². The molecule has 2 amide bonds. The highest BCUT2D eigenvalue weighted by Crippen LogP contribution is 2.26. The summed E-state index contributed by atoms with van der Waals surface area (Å²) < 4.78 is 0. The van der Waals surface area contributed by atoms with Gasteiger partial charge in [-0.1, -0.05) is 0 Å². The molecule has 1 saturated heterocycles. The minimum Gasteiger partial charge on any atom is -0.481 e. The Bertz CT molecular complexity index is 356. The zero-order chi connectivity index (χ0) is 14.5. The Labute approximate surface area is 119 Å². The second-order valence-electron chi connectivity index (χ2n) is 5.76. The number of amides is 2. The molecule has 0 radical (unpaired) electrons. The molecule has 2 fully saturated rings. The zero-order valence-electron chi connectivity index (χ0n) is 12.1. The van der Waals surface area contributed by atoms with Crippen molar-refractivity contribution in [2.75, 3.05) is 19.6 Å². The van der Waals surface area contributed by atoms with Crippen LogP contribution in [0.2, 0.25) is 0 Å². The second-order valence-corrected chi connectivity index (χ2v) is 5.76. The fourth-order valence-corrected chi connectivity index (χ4v) is 3.28. The summed E-state index contributed by atoms with van der Waals surface area (Å²) in [4.78, 5) is 25.2. The van der Waals surface area contributed by atoms with Gasteiger partial charge in [0.25, 0.3) is 0 Å². The first-order valence-corrected chi connectivity index (χ1v) is 7.62. The maximum atomic E-state index is 12.4. The van der Waals surface area contributed by atoms with Gasteiger partial charge in [-0.15, -0.1) is 0 Å². The van der Waals surface area contributed by atoms with Gasteiger partial charge in [0.1, 0.15) is 0 Å². The first-order chi connectivity index (χ1) is 9.61. The van der Waals surface area contributed by atoms with Gasteiger partial charge in [-0.3, -0.25) is 4.79 Å². The normalized spacial score (nSPS) is 27.2. The van der Waals surface area contributed by atoms with Gasteiger partial charge in [0.2, 0.25) is 0 Å². The Balaban J connectivity index is 1.85. The zero-order valence-corrected chi connectivity index (χ0v) is 12.1. The first kappa shape index (κ1) is 15.1. The van der Waals surface area contributed by atoms with Crippen LogP contribution >= 0.6 is 0 Å². The van der Waals surface area contributed by atoms with Crippen molar-refractivity contribution in [1.82, 2.24) is 15.5 Å². The summed E-state index contributed by atoms with van der Waals surface area (Å²) >= 11 is 0. The lowest BCUT2D eigenvalue weighted by Gasteiger charge is -2.34. The molecule has 6 nitrogen and oxygen atoms in total. The molecular formula is C14H25N3O3. The van der Waals surface area contributed by atoms with Crippen molar-refractivity contribution in [2.45, 2.75) is 51.1 Å². The number of nitrogens with one attached hydrogen (secondary N) is 2. The van der Waals surface area contributed by atoms with Gasteiger partial charge in [0.15, 0.2) is 0 Å². The van der Waals surface area contributed by atoms with E-state index in [1.54, 1.807) is 0 Å². The van der Waals surface area contributed by atoms with Crippen molar-refractivity contribution in [2.24, 2.45) is 5.92 Å². The number of hydrogen-bond donors (Lipinski definition) is 3. The van der Waals surface area contributed by atoms with Crippen LogP contribution in [0, 0.1) is 5.92 Å². The number of carboxylic acids is 1. The Morgan fingerprint density at radius 3 is 2.50 bits per heavy atom. The number of rotatable bonds is 4. The van der Waals surface area contributed by atoms with Gasteiger partial charge < -0.3 is 20.6 Å². The van der Waals surface area contributed by atoms with Gasteiger partial charge in [-0.05, 0) is 52.1 Å². The predicted molar refractivity (Wildman–Crippen MR) is 75.6 cm³/mol. The summed E-state index contributed by atoms with van der Waals surface area (Å²) in [5.41, 5.74) is 0. The van der Waals surface area contributed by atoms with Crippen molar-refractivity contribution >= 4 is 12.0 Å². The number of carbonyl (C=O) groups excluding carboxylic acids is 1. The van der Waals surface area contributed by atoms with Crippen molar-refractivity contribution in [3.8, 4) is 0 Å². The molecule has 2 atom stereocenters. The fourth-order valence-electron chi connectivity index (χ4n) is 3.28. The van der Waals surface area contributed by atoms with E-state index in [2.05, 4.69) is 10.6 Å². The summed E-state index contributed by atoms with van der Waals surface area (Å²) in [6, 6.07) is 0.285. The van der Waals surface area contributed by atoms with Gasteiger partial charge in [-0.2, -0.15) is 0 Å². The molecule has 0 aromatic carbocycles. The third-order valence-corrected chi connectivity index (χ3v) is 4.46. The van der Waals surface area contributed by atoms with E-state index in [-0.39, 0.29) is 18.0 Å². The van der Waals surface area contributed by atoms with Crippen LogP contribution in [-0.4, -0.2) is 53.7 Å². The van der Waals surface area contributed by atoms with Crippen LogP contribution in [0.4, 0.5) is 4.79 Å². The van der Waals surface area contributed by atoms with Crippen molar-refractivity contribution < 1.29 is 14.7 Å². The van der Waals surface area contributed by atoms with E-state index in [1.807, 2.05) is 11.8 Å². The number of hydrogen-bond acceptors (Lipinski definition) is 3. The Hall–Kier alpha value is -1.30.